The lowest BCUT2D eigenvalue weighted by Gasteiger charge is -2.21. The van der Waals surface area contributed by atoms with E-state index in [-0.39, 0.29) is 24.1 Å². The molecule has 0 saturated heterocycles. The second-order valence-electron chi connectivity index (χ2n) is 7.21. The molecule has 5 heteroatoms. The van der Waals surface area contributed by atoms with Crippen LogP contribution in [0.4, 0.5) is 0 Å². The van der Waals surface area contributed by atoms with Crippen LogP contribution < -0.4 is 5.32 Å². The van der Waals surface area contributed by atoms with Gasteiger partial charge in [0.25, 0.3) is 5.91 Å². The van der Waals surface area contributed by atoms with E-state index in [4.69, 9.17) is 0 Å². The third kappa shape index (κ3) is 3.74. The van der Waals surface area contributed by atoms with Gasteiger partial charge in [0.05, 0.1) is 6.54 Å². The van der Waals surface area contributed by atoms with Gasteiger partial charge in [0.15, 0.2) is 5.78 Å². The summed E-state index contributed by atoms with van der Waals surface area (Å²) in [5.74, 6) is -0.601. The van der Waals surface area contributed by atoms with E-state index in [1.165, 1.54) is 0 Å². The number of amides is 2. The number of nitrogens with zero attached hydrogens (tertiary/aromatic N) is 1. The number of hydrogen-bond acceptors (Lipinski definition) is 3. The Morgan fingerprint density at radius 2 is 1.50 bits per heavy atom. The normalized spacial score (nSPS) is 11.6. The molecule has 0 radical (unpaired) electrons. The number of ketones is 1. The average molecular weight is 398 g/mol. The van der Waals surface area contributed by atoms with E-state index in [0.29, 0.717) is 29.8 Å². The van der Waals surface area contributed by atoms with Gasteiger partial charge in [0.2, 0.25) is 5.91 Å². The standard InChI is InChI=1S/C25H22N2O3/c1-2-27(16-17-8-4-3-5-9-17)23(28)15-26-25(30)18-12-13-20-19-10-6-7-11-21(19)24(29)22(20)14-18/h3-14H,2,15-16H2,1H3,(H,26,30). The number of fused-ring (bicyclic) bond motifs is 3. The molecule has 2 amide bonds. The molecule has 0 bridgehead atoms. The molecule has 0 saturated carbocycles. The maximum absolute atomic E-state index is 12.6. The maximum atomic E-state index is 12.6. The fourth-order valence-corrected chi connectivity index (χ4v) is 3.72. The fraction of sp³-hybridized carbons (Fsp3) is 0.160. The molecule has 150 valence electrons. The Labute approximate surface area is 175 Å². The number of hydrogen-bond donors (Lipinski definition) is 1. The lowest BCUT2D eigenvalue weighted by atomic mass is 10.0. The Kier molecular flexibility index (Phi) is 5.44. The second-order valence-corrected chi connectivity index (χ2v) is 7.21. The monoisotopic (exact) mass is 398 g/mol. The van der Waals surface area contributed by atoms with Gasteiger partial charge in [-0.05, 0) is 35.7 Å². The molecular weight excluding hydrogens is 376 g/mol. The molecule has 5 nitrogen and oxygen atoms in total. The fourth-order valence-electron chi connectivity index (χ4n) is 3.72. The largest absolute Gasteiger partial charge is 0.343 e. The molecule has 0 fully saturated rings. The van der Waals surface area contributed by atoms with Crippen molar-refractivity contribution in [2.24, 2.45) is 0 Å². The summed E-state index contributed by atoms with van der Waals surface area (Å²) in [4.78, 5) is 39.5. The number of nitrogens with one attached hydrogen (secondary N) is 1. The van der Waals surface area contributed by atoms with E-state index in [9.17, 15) is 14.4 Å². The van der Waals surface area contributed by atoms with Crippen LogP contribution >= 0.6 is 0 Å². The molecular formula is C25H22N2O3. The molecule has 3 aromatic carbocycles. The highest BCUT2D eigenvalue weighted by molar-refractivity contribution is 6.22. The van der Waals surface area contributed by atoms with Crippen LogP contribution in [0.3, 0.4) is 0 Å². The van der Waals surface area contributed by atoms with E-state index < -0.39 is 0 Å². The summed E-state index contributed by atoms with van der Waals surface area (Å²) in [6.07, 6.45) is 0. The van der Waals surface area contributed by atoms with Crippen molar-refractivity contribution < 1.29 is 14.4 Å². The molecule has 3 aromatic rings. The summed E-state index contributed by atoms with van der Waals surface area (Å²) < 4.78 is 0. The SMILES string of the molecule is CCN(Cc1ccccc1)C(=O)CNC(=O)c1ccc2c(c1)C(=O)c1ccccc1-2. The van der Waals surface area contributed by atoms with Crippen LogP contribution in [0.2, 0.25) is 0 Å². The third-order valence-electron chi connectivity index (χ3n) is 5.34. The van der Waals surface area contributed by atoms with Crippen LogP contribution in [-0.2, 0) is 11.3 Å². The minimum absolute atomic E-state index is 0.0775. The van der Waals surface area contributed by atoms with Crippen molar-refractivity contribution in [1.29, 1.82) is 0 Å². The first-order valence-corrected chi connectivity index (χ1v) is 9.96. The molecule has 1 aliphatic rings. The van der Waals surface area contributed by atoms with Crippen molar-refractivity contribution in [3.8, 4) is 11.1 Å². The van der Waals surface area contributed by atoms with E-state index in [0.717, 1.165) is 16.7 Å². The smallest absolute Gasteiger partial charge is 0.251 e. The number of rotatable bonds is 6. The highest BCUT2D eigenvalue weighted by atomic mass is 16.2. The Bertz CT molecular complexity index is 1120. The number of benzene rings is 3. The first-order valence-electron chi connectivity index (χ1n) is 9.96. The Morgan fingerprint density at radius 3 is 2.23 bits per heavy atom. The molecule has 30 heavy (non-hydrogen) atoms. The van der Waals surface area contributed by atoms with Gasteiger partial charge in [-0.2, -0.15) is 0 Å². The van der Waals surface area contributed by atoms with E-state index >= 15 is 0 Å². The Hall–Kier alpha value is -3.73. The van der Waals surface area contributed by atoms with Crippen molar-refractivity contribution in [1.82, 2.24) is 10.2 Å². The molecule has 0 aromatic heterocycles. The van der Waals surface area contributed by atoms with Crippen LogP contribution in [-0.4, -0.2) is 35.6 Å². The number of carbonyl (C=O) groups excluding carboxylic acids is 3. The summed E-state index contributed by atoms with van der Waals surface area (Å²) >= 11 is 0. The molecule has 0 spiro atoms. The molecule has 0 heterocycles. The van der Waals surface area contributed by atoms with Gasteiger partial charge in [0, 0.05) is 29.8 Å². The first kappa shape index (κ1) is 19.6. The molecule has 4 rings (SSSR count). The number of carbonyl (C=O) groups is 3. The van der Waals surface area contributed by atoms with E-state index in [2.05, 4.69) is 5.32 Å². The highest BCUT2D eigenvalue weighted by Crippen LogP contribution is 2.36. The van der Waals surface area contributed by atoms with Crippen molar-refractivity contribution in [3.05, 3.63) is 95.1 Å². The summed E-state index contributed by atoms with van der Waals surface area (Å²) in [6.45, 7) is 2.87. The predicted molar refractivity (Wildman–Crippen MR) is 115 cm³/mol. The maximum Gasteiger partial charge on any atom is 0.251 e. The molecule has 1 aliphatic carbocycles. The highest BCUT2D eigenvalue weighted by Gasteiger charge is 2.27. The van der Waals surface area contributed by atoms with Crippen LogP contribution in [0.5, 0.6) is 0 Å². The van der Waals surface area contributed by atoms with E-state index in [1.807, 2.05) is 55.5 Å². The topological polar surface area (TPSA) is 66.5 Å². The first-order chi connectivity index (χ1) is 14.6. The molecule has 1 N–H and O–H groups in total. The summed E-state index contributed by atoms with van der Waals surface area (Å²) in [7, 11) is 0. The van der Waals surface area contributed by atoms with Crippen LogP contribution in [0.25, 0.3) is 11.1 Å². The summed E-state index contributed by atoms with van der Waals surface area (Å²) in [6, 6.07) is 22.2. The van der Waals surface area contributed by atoms with Crippen molar-refractivity contribution in [3.63, 3.8) is 0 Å². The lowest BCUT2D eigenvalue weighted by Crippen LogP contribution is -2.39. The zero-order valence-corrected chi connectivity index (χ0v) is 16.7. The van der Waals surface area contributed by atoms with Crippen molar-refractivity contribution >= 4 is 17.6 Å². The zero-order chi connectivity index (χ0) is 21.1. The molecule has 0 atom stereocenters. The van der Waals surface area contributed by atoms with Crippen LogP contribution in [0.1, 0.15) is 38.8 Å². The number of likely N-dealkylation sites (N-methyl/N-ethyl adjacent to an activating group) is 1. The van der Waals surface area contributed by atoms with Crippen molar-refractivity contribution in [2.75, 3.05) is 13.1 Å². The quantitative estimate of drug-likeness (QED) is 0.539. The van der Waals surface area contributed by atoms with Crippen LogP contribution in [0, 0.1) is 0 Å². The van der Waals surface area contributed by atoms with Gasteiger partial charge < -0.3 is 10.2 Å². The minimum atomic E-state index is -0.370. The molecule has 0 aliphatic heterocycles. The second kappa shape index (κ2) is 8.33. The lowest BCUT2D eigenvalue weighted by molar-refractivity contribution is -0.130. The molecule has 0 unspecified atom stereocenters. The van der Waals surface area contributed by atoms with Gasteiger partial charge in [0.1, 0.15) is 0 Å². The minimum Gasteiger partial charge on any atom is -0.343 e. The zero-order valence-electron chi connectivity index (χ0n) is 16.7. The van der Waals surface area contributed by atoms with E-state index in [1.54, 1.807) is 29.2 Å². The Balaban J connectivity index is 1.42. The Morgan fingerprint density at radius 1 is 0.833 bits per heavy atom. The van der Waals surface area contributed by atoms with Gasteiger partial charge in [-0.1, -0.05) is 60.7 Å². The average Bonchev–Trinajstić information content (AvgIpc) is 3.08. The predicted octanol–water partition coefficient (Wildman–Crippen LogP) is 3.68. The van der Waals surface area contributed by atoms with Gasteiger partial charge in [-0.15, -0.1) is 0 Å². The van der Waals surface area contributed by atoms with Gasteiger partial charge in [-0.3, -0.25) is 14.4 Å². The van der Waals surface area contributed by atoms with Crippen molar-refractivity contribution in [2.45, 2.75) is 13.5 Å². The van der Waals surface area contributed by atoms with Gasteiger partial charge in [-0.25, -0.2) is 0 Å². The third-order valence-corrected chi connectivity index (χ3v) is 5.34. The van der Waals surface area contributed by atoms with Crippen LogP contribution in [0.15, 0.2) is 72.8 Å². The van der Waals surface area contributed by atoms with Gasteiger partial charge >= 0.3 is 0 Å². The summed E-state index contributed by atoms with van der Waals surface area (Å²) in [5.41, 5.74) is 4.31. The summed E-state index contributed by atoms with van der Waals surface area (Å²) in [5, 5.41) is 2.69.